The lowest BCUT2D eigenvalue weighted by Crippen LogP contribution is -2.50. The van der Waals surface area contributed by atoms with Crippen molar-refractivity contribution in [2.45, 2.75) is 24.7 Å². The molecule has 0 saturated carbocycles. The van der Waals surface area contributed by atoms with Crippen molar-refractivity contribution in [2.75, 3.05) is 26.2 Å². The van der Waals surface area contributed by atoms with E-state index in [1.165, 1.54) is 10.4 Å². The number of nitrogens with zero attached hydrogens (tertiary/aromatic N) is 3. The van der Waals surface area contributed by atoms with Gasteiger partial charge in [-0.1, -0.05) is 41.4 Å². The third-order valence-corrected chi connectivity index (χ3v) is 7.75. The van der Waals surface area contributed by atoms with E-state index in [2.05, 4.69) is 4.98 Å². The van der Waals surface area contributed by atoms with E-state index in [-0.39, 0.29) is 48.4 Å². The molecule has 1 aliphatic rings. The number of sulfonamides is 1. The van der Waals surface area contributed by atoms with E-state index in [0.29, 0.717) is 18.1 Å². The molecule has 0 bridgehead atoms. The summed E-state index contributed by atoms with van der Waals surface area (Å²) < 4.78 is 46.0. The number of piperazine rings is 1. The van der Waals surface area contributed by atoms with Crippen LogP contribution in [0.4, 0.5) is 4.39 Å². The molecule has 2 aromatic carbocycles. The van der Waals surface area contributed by atoms with Crippen molar-refractivity contribution in [3.05, 3.63) is 71.0 Å². The van der Waals surface area contributed by atoms with Crippen LogP contribution in [0.25, 0.3) is 11.3 Å². The molecule has 10 heteroatoms. The zero-order chi connectivity index (χ0) is 23.6. The van der Waals surface area contributed by atoms with Crippen LogP contribution in [-0.4, -0.2) is 54.7 Å². The Bertz CT molecular complexity index is 1250. The minimum atomic E-state index is -3.81. The summed E-state index contributed by atoms with van der Waals surface area (Å²) in [5.74, 6) is 0.362. The van der Waals surface area contributed by atoms with Gasteiger partial charge in [-0.15, -0.1) is 0 Å². The number of amides is 1. The van der Waals surface area contributed by atoms with Crippen LogP contribution in [0.15, 0.2) is 58.0 Å². The minimum absolute atomic E-state index is 0.0676. The topological polar surface area (TPSA) is 83.7 Å². The Labute approximate surface area is 196 Å². The highest BCUT2D eigenvalue weighted by Crippen LogP contribution is 2.24. The summed E-state index contributed by atoms with van der Waals surface area (Å²) in [5, 5.41) is -0.248. The highest BCUT2D eigenvalue weighted by Gasteiger charge is 2.30. The molecule has 33 heavy (non-hydrogen) atoms. The van der Waals surface area contributed by atoms with Gasteiger partial charge in [-0.25, -0.2) is 17.8 Å². The Hall–Kier alpha value is -2.75. The minimum Gasteiger partial charge on any atom is -0.441 e. The molecule has 174 valence electrons. The van der Waals surface area contributed by atoms with E-state index in [0.717, 1.165) is 23.3 Å². The number of halogens is 2. The van der Waals surface area contributed by atoms with Gasteiger partial charge >= 0.3 is 0 Å². The standard InChI is InChI=1S/C23H23ClFN3O4S/c1-16-2-4-17(5-3-16)21-15-26-22(32-21)8-9-23(29)27-10-12-28(13-11-27)33(30,31)18-6-7-20(25)19(24)14-18/h2-7,14-15H,8-13H2,1H3. The van der Waals surface area contributed by atoms with Gasteiger partial charge in [0.2, 0.25) is 15.9 Å². The van der Waals surface area contributed by atoms with Crippen molar-refractivity contribution in [1.29, 1.82) is 0 Å². The maximum absolute atomic E-state index is 13.4. The molecular weight excluding hydrogens is 469 g/mol. The van der Waals surface area contributed by atoms with Crippen molar-refractivity contribution in [2.24, 2.45) is 0 Å². The average Bonchev–Trinajstić information content (AvgIpc) is 3.29. The maximum Gasteiger partial charge on any atom is 0.243 e. The lowest BCUT2D eigenvalue weighted by Gasteiger charge is -2.34. The number of oxazole rings is 1. The van der Waals surface area contributed by atoms with Crippen LogP contribution in [0, 0.1) is 12.7 Å². The normalized spacial score (nSPS) is 15.1. The molecule has 1 aliphatic heterocycles. The lowest BCUT2D eigenvalue weighted by molar-refractivity contribution is -0.132. The van der Waals surface area contributed by atoms with Crippen molar-refractivity contribution in [3.63, 3.8) is 0 Å². The van der Waals surface area contributed by atoms with Gasteiger partial charge in [0.05, 0.1) is 16.1 Å². The molecule has 3 aromatic rings. The van der Waals surface area contributed by atoms with Gasteiger partial charge < -0.3 is 9.32 Å². The molecule has 0 radical (unpaired) electrons. The number of hydrogen-bond acceptors (Lipinski definition) is 5. The van der Waals surface area contributed by atoms with Gasteiger partial charge in [-0.05, 0) is 25.1 Å². The van der Waals surface area contributed by atoms with E-state index in [1.54, 1.807) is 11.1 Å². The first-order valence-corrected chi connectivity index (χ1v) is 12.3. The number of rotatable bonds is 6. The molecule has 7 nitrogen and oxygen atoms in total. The third kappa shape index (κ3) is 5.26. The molecule has 2 heterocycles. The zero-order valence-corrected chi connectivity index (χ0v) is 19.6. The van der Waals surface area contributed by atoms with E-state index in [1.807, 2.05) is 31.2 Å². The molecular formula is C23H23ClFN3O4S. The predicted molar refractivity (Wildman–Crippen MR) is 122 cm³/mol. The molecule has 1 saturated heterocycles. The van der Waals surface area contributed by atoms with Crippen LogP contribution in [0.3, 0.4) is 0 Å². The van der Waals surface area contributed by atoms with Gasteiger partial charge in [-0.2, -0.15) is 4.31 Å². The fraction of sp³-hybridized carbons (Fsp3) is 0.304. The number of aryl methyl sites for hydroxylation is 2. The van der Waals surface area contributed by atoms with Crippen molar-refractivity contribution >= 4 is 27.5 Å². The van der Waals surface area contributed by atoms with E-state index in [4.69, 9.17) is 16.0 Å². The van der Waals surface area contributed by atoms with Crippen LogP contribution >= 0.6 is 11.6 Å². The second-order valence-electron chi connectivity index (χ2n) is 7.85. The summed E-state index contributed by atoms with van der Waals surface area (Å²) in [6.07, 6.45) is 2.22. The number of carbonyl (C=O) groups excluding carboxylic acids is 1. The monoisotopic (exact) mass is 491 g/mol. The Morgan fingerprint density at radius 1 is 1.12 bits per heavy atom. The summed E-state index contributed by atoms with van der Waals surface area (Å²) in [7, 11) is -3.81. The van der Waals surface area contributed by atoms with Crippen LogP contribution in [0.2, 0.25) is 5.02 Å². The molecule has 0 spiro atoms. The first kappa shape index (κ1) is 23.4. The van der Waals surface area contributed by atoms with E-state index < -0.39 is 15.8 Å². The number of hydrogen-bond donors (Lipinski definition) is 0. The fourth-order valence-electron chi connectivity index (χ4n) is 3.61. The third-order valence-electron chi connectivity index (χ3n) is 5.56. The van der Waals surface area contributed by atoms with Gasteiger partial charge in [0.15, 0.2) is 11.7 Å². The molecule has 0 atom stereocenters. The summed E-state index contributed by atoms with van der Waals surface area (Å²) in [6, 6.07) is 11.2. The fourth-order valence-corrected chi connectivity index (χ4v) is 5.31. The average molecular weight is 492 g/mol. The molecule has 4 rings (SSSR count). The van der Waals surface area contributed by atoms with Gasteiger partial charge in [0, 0.05) is 44.6 Å². The SMILES string of the molecule is Cc1ccc(-c2cnc(CCC(=O)N3CCN(S(=O)(=O)c4ccc(F)c(Cl)c4)CC3)o2)cc1. The van der Waals surface area contributed by atoms with Crippen LogP contribution in [-0.2, 0) is 21.2 Å². The maximum atomic E-state index is 13.4. The number of carbonyl (C=O) groups is 1. The van der Waals surface area contributed by atoms with E-state index >= 15 is 0 Å². The van der Waals surface area contributed by atoms with E-state index in [9.17, 15) is 17.6 Å². The molecule has 1 amide bonds. The first-order chi connectivity index (χ1) is 15.7. The molecule has 0 aliphatic carbocycles. The quantitative estimate of drug-likeness (QED) is 0.522. The highest BCUT2D eigenvalue weighted by molar-refractivity contribution is 7.89. The predicted octanol–water partition coefficient (Wildman–Crippen LogP) is 3.91. The summed E-state index contributed by atoms with van der Waals surface area (Å²) in [6.45, 7) is 2.86. The molecule has 0 N–H and O–H groups in total. The number of benzene rings is 2. The largest absolute Gasteiger partial charge is 0.441 e. The Kier molecular flexibility index (Phi) is 6.83. The second kappa shape index (κ2) is 9.62. The molecule has 1 fully saturated rings. The van der Waals surface area contributed by atoms with Crippen molar-refractivity contribution < 1.29 is 22.0 Å². The second-order valence-corrected chi connectivity index (χ2v) is 10.2. The number of aromatic nitrogens is 1. The molecule has 0 unspecified atom stereocenters. The zero-order valence-electron chi connectivity index (χ0n) is 18.0. The summed E-state index contributed by atoms with van der Waals surface area (Å²) >= 11 is 5.73. The van der Waals surface area contributed by atoms with Gasteiger partial charge in [0.25, 0.3) is 0 Å². The Balaban J connectivity index is 1.31. The summed E-state index contributed by atoms with van der Waals surface area (Å²) in [5.41, 5.74) is 2.07. The Morgan fingerprint density at radius 3 is 2.48 bits per heavy atom. The van der Waals surface area contributed by atoms with Crippen LogP contribution in [0.5, 0.6) is 0 Å². The highest BCUT2D eigenvalue weighted by atomic mass is 35.5. The van der Waals surface area contributed by atoms with Crippen LogP contribution < -0.4 is 0 Å². The van der Waals surface area contributed by atoms with Crippen molar-refractivity contribution in [3.8, 4) is 11.3 Å². The van der Waals surface area contributed by atoms with Crippen molar-refractivity contribution in [1.82, 2.24) is 14.2 Å². The smallest absolute Gasteiger partial charge is 0.243 e. The van der Waals surface area contributed by atoms with Gasteiger partial charge in [0.1, 0.15) is 5.82 Å². The Morgan fingerprint density at radius 2 is 1.82 bits per heavy atom. The van der Waals surface area contributed by atoms with Gasteiger partial charge in [-0.3, -0.25) is 4.79 Å². The lowest BCUT2D eigenvalue weighted by atomic mass is 10.1. The molecule has 1 aromatic heterocycles. The first-order valence-electron chi connectivity index (χ1n) is 10.5. The summed E-state index contributed by atoms with van der Waals surface area (Å²) in [4.78, 5) is 18.4. The van der Waals surface area contributed by atoms with Crippen LogP contribution in [0.1, 0.15) is 17.9 Å².